The van der Waals surface area contributed by atoms with Gasteiger partial charge in [-0.3, -0.25) is 0 Å². The van der Waals surface area contributed by atoms with Gasteiger partial charge in [-0.1, -0.05) is 30.3 Å². The normalized spacial score (nSPS) is 20.6. The Morgan fingerprint density at radius 1 is 1.14 bits per heavy atom. The van der Waals surface area contributed by atoms with E-state index in [1.807, 2.05) is 0 Å². The summed E-state index contributed by atoms with van der Waals surface area (Å²) >= 11 is 0. The van der Waals surface area contributed by atoms with Crippen molar-refractivity contribution in [2.24, 2.45) is 0 Å². The average molecular weight is 188 g/mol. The van der Waals surface area contributed by atoms with Crippen molar-refractivity contribution in [1.29, 1.82) is 0 Å². The molecule has 0 bridgehead atoms. The van der Waals surface area contributed by atoms with E-state index in [-0.39, 0.29) is 5.54 Å². The molecule has 1 saturated heterocycles. The lowest BCUT2D eigenvalue weighted by Crippen LogP contribution is -2.48. The monoisotopic (exact) mass is 188 g/mol. The summed E-state index contributed by atoms with van der Waals surface area (Å²) in [6.45, 7) is 2.21. The van der Waals surface area contributed by atoms with Crippen LogP contribution in [0.15, 0.2) is 30.3 Å². The first-order chi connectivity index (χ1) is 6.87. The molecule has 74 valence electrons. The lowest BCUT2D eigenvalue weighted by Gasteiger charge is -2.38. The highest BCUT2D eigenvalue weighted by atomic mass is 15.0. The van der Waals surface area contributed by atoms with Gasteiger partial charge in [0.1, 0.15) is 0 Å². The molecule has 1 aliphatic rings. The number of piperidine rings is 1. The zero-order valence-electron chi connectivity index (χ0n) is 8.72. The lowest BCUT2D eigenvalue weighted by molar-refractivity contribution is 0.291. The third-order valence-corrected chi connectivity index (χ3v) is 3.26. The van der Waals surface area contributed by atoms with Crippen LogP contribution in [0.1, 0.15) is 18.4 Å². The van der Waals surface area contributed by atoms with Crippen LogP contribution in [0.2, 0.25) is 0 Å². The van der Waals surface area contributed by atoms with Crippen LogP contribution in [0.5, 0.6) is 0 Å². The van der Waals surface area contributed by atoms with E-state index >= 15 is 0 Å². The summed E-state index contributed by atoms with van der Waals surface area (Å²) in [4.78, 5) is 0. The lowest BCUT2D eigenvalue weighted by atomic mass is 9.80. The Labute approximate surface area is 86.5 Å². The minimum atomic E-state index is 0.201. The summed E-state index contributed by atoms with van der Waals surface area (Å²) in [6, 6.07) is 10.8. The summed E-state index contributed by atoms with van der Waals surface area (Å²) in [5, 5.41) is 6.90. The highest BCUT2D eigenvalue weighted by molar-refractivity contribution is 6.05. The predicted octanol–water partition coefficient (Wildman–Crippen LogP) is 0.403. The van der Waals surface area contributed by atoms with Gasteiger partial charge in [-0.2, -0.15) is 0 Å². The molecule has 0 unspecified atom stereocenters. The molecule has 3 heteroatoms. The van der Waals surface area contributed by atoms with E-state index in [2.05, 4.69) is 48.9 Å². The van der Waals surface area contributed by atoms with E-state index in [0.29, 0.717) is 0 Å². The van der Waals surface area contributed by atoms with Gasteiger partial charge in [0.15, 0.2) is 7.98 Å². The van der Waals surface area contributed by atoms with Crippen LogP contribution in [0.25, 0.3) is 0 Å². The zero-order chi connectivity index (χ0) is 9.86. The maximum Gasteiger partial charge on any atom is 0.182 e. The molecule has 2 nitrogen and oxygen atoms in total. The third-order valence-electron chi connectivity index (χ3n) is 3.26. The standard InChI is InChI=1S/C11H17BN2/c12-14-11(6-8-13-9-7-11)10-4-2-1-3-5-10/h1-5,13-14H,6-9,12H2. The second-order valence-electron chi connectivity index (χ2n) is 3.95. The Morgan fingerprint density at radius 3 is 2.36 bits per heavy atom. The molecular formula is C11H17BN2. The van der Waals surface area contributed by atoms with Crippen molar-refractivity contribution < 1.29 is 0 Å². The van der Waals surface area contributed by atoms with E-state index in [0.717, 1.165) is 13.1 Å². The van der Waals surface area contributed by atoms with Gasteiger partial charge in [-0.25, -0.2) is 0 Å². The Balaban J connectivity index is 2.27. The van der Waals surface area contributed by atoms with Crippen LogP contribution in [0, 0.1) is 0 Å². The molecule has 0 radical (unpaired) electrons. The maximum absolute atomic E-state index is 3.49. The third kappa shape index (κ3) is 1.70. The van der Waals surface area contributed by atoms with Crippen LogP contribution in [0.4, 0.5) is 0 Å². The summed E-state index contributed by atoms with van der Waals surface area (Å²) < 4.78 is 0. The second-order valence-corrected chi connectivity index (χ2v) is 3.95. The quantitative estimate of drug-likeness (QED) is 0.656. The second kappa shape index (κ2) is 4.15. The van der Waals surface area contributed by atoms with Gasteiger partial charge >= 0.3 is 0 Å². The molecule has 0 amide bonds. The van der Waals surface area contributed by atoms with Gasteiger partial charge in [0.05, 0.1) is 0 Å². The molecule has 0 spiro atoms. The van der Waals surface area contributed by atoms with Crippen molar-refractivity contribution in [2.75, 3.05) is 13.1 Å². The van der Waals surface area contributed by atoms with Crippen molar-refractivity contribution in [1.82, 2.24) is 10.5 Å². The molecule has 0 saturated carbocycles. The van der Waals surface area contributed by atoms with Crippen LogP contribution in [0.3, 0.4) is 0 Å². The topological polar surface area (TPSA) is 24.1 Å². The predicted molar refractivity (Wildman–Crippen MR) is 61.9 cm³/mol. The van der Waals surface area contributed by atoms with Gasteiger partial charge in [-0.05, 0) is 31.5 Å². The van der Waals surface area contributed by atoms with Crippen molar-refractivity contribution >= 4 is 7.98 Å². The molecule has 1 aromatic rings. The first-order valence-corrected chi connectivity index (χ1v) is 5.32. The van der Waals surface area contributed by atoms with Crippen LogP contribution in [-0.4, -0.2) is 21.1 Å². The van der Waals surface area contributed by atoms with E-state index < -0.39 is 0 Å². The van der Waals surface area contributed by atoms with Gasteiger partial charge < -0.3 is 10.5 Å². The fourth-order valence-corrected chi connectivity index (χ4v) is 2.29. The molecule has 0 aromatic heterocycles. The largest absolute Gasteiger partial charge is 0.353 e. The van der Waals surface area contributed by atoms with E-state index in [9.17, 15) is 0 Å². The molecule has 14 heavy (non-hydrogen) atoms. The smallest absolute Gasteiger partial charge is 0.182 e. The van der Waals surface area contributed by atoms with Gasteiger partial charge in [-0.15, -0.1) is 0 Å². The minimum Gasteiger partial charge on any atom is -0.353 e. The summed E-state index contributed by atoms with van der Waals surface area (Å²) in [6.07, 6.45) is 2.35. The summed E-state index contributed by atoms with van der Waals surface area (Å²) in [5.74, 6) is 0. The molecule has 2 rings (SSSR count). The fourth-order valence-electron chi connectivity index (χ4n) is 2.29. The Kier molecular flexibility index (Phi) is 2.89. The van der Waals surface area contributed by atoms with E-state index in [1.165, 1.54) is 18.4 Å². The fraction of sp³-hybridized carbons (Fsp3) is 0.455. The van der Waals surface area contributed by atoms with Crippen molar-refractivity contribution in [3.63, 3.8) is 0 Å². The SMILES string of the molecule is BNC1(c2ccccc2)CCNCC1. The highest BCUT2D eigenvalue weighted by Crippen LogP contribution is 2.29. The average Bonchev–Trinajstić information content (AvgIpc) is 2.31. The molecule has 1 aliphatic heterocycles. The van der Waals surface area contributed by atoms with Gasteiger partial charge in [0.25, 0.3) is 0 Å². The first kappa shape index (κ1) is 9.75. The minimum absolute atomic E-state index is 0.201. The molecule has 0 atom stereocenters. The number of hydrogen-bond acceptors (Lipinski definition) is 2. The van der Waals surface area contributed by atoms with E-state index in [4.69, 9.17) is 0 Å². The highest BCUT2D eigenvalue weighted by Gasteiger charge is 2.31. The van der Waals surface area contributed by atoms with Crippen LogP contribution in [-0.2, 0) is 5.54 Å². The Hall–Kier alpha value is -0.795. The van der Waals surface area contributed by atoms with Crippen molar-refractivity contribution in [3.8, 4) is 0 Å². The zero-order valence-corrected chi connectivity index (χ0v) is 8.72. The molecular weight excluding hydrogens is 171 g/mol. The van der Waals surface area contributed by atoms with Crippen LogP contribution < -0.4 is 10.5 Å². The molecule has 1 fully saturated rings. The summed E-state index contributed by atoms with van der Waals surface area (Å²) in [5.41, 5.74) is 1.62. The molecule has 1 heterocycles. The van der Waals surface area contributed by atoms with E-state index in [1.54, 1.807) is 0 Å². The van der Waals surface area contributed by atoms with Crippen LogP contribution >= 0.6 is 0 Å². The van der Waals surface area contributed by atoms with Crippen molar-refractivity contribution in [3.05, 3.63) is 35.9 Å². The van der Waals surface area contributed by atoms with Gasteiger partial charge in [0.2, 0.25) is 0 Å². The number of benzene rings is 1. The molecule has 2 N–H and O–H groups in total. The number of nitrogens with one attached hydrogen (secondary N) is 2. The summed E-state index contributed by atoms with van der Waals surface area (Å²) in [7, 11) is 2.07. The molecule has 1 aromatic carbocycles. The number of rotatable bonds is 2. The maximum atomic E-state index is 3.49. The Morgan fingerprint density at radius 2 is 1.79 bits per heavy atom. The number of hydrogen-bond donors (Lipinski definition) is 2. The molecule has 0 aliphatic carbocycles. The Bertz CT molecular complexity index is 281. The van der Waals surface area contributed by atoms with Crippen molar-refractivity contribution in [2.45, 2.75) is 18.4 Å². The first-order valence-electron chi connectivity index (χ1n) is 5.32. The van der Waals surface area contributed by atoms with Gasteiger partial charge in [0, 0.05) is 5.54 Å².